The summed E-state index contributed by atoms with van der Waals surface area (Å²) in [6.07, 6.45) is 1.62. The molecule has 0 radical (unpaired) electrons. The van der Waals surface area contributed by atoms with Gasteiger partial charge in [0, 0.05) is 6.54 Å². The van der Waals surface area contributed by atoms with Crippen LogP contribution in [0.3, 0.4) is 0 Å². The molecule has 4 heteroatoms. The number of rotatable bonds is 4. The Kier molecular flexibility index (Phi) is 5.52. The van der Waals surface area contributed by atoms with Gasteiger partial charge >= 0.3 is 0 Å². The van der Waals surface area contributed by atoms with Gasteiger partial charge < -0.3 is 9.66 Å². The molecule has 0 aromatic carbocycles. The second kappa shape index (κ2) is 5.37. The third kappa shape index (κ3) is 6.23. The van der Waals surface area contributed by atoms with Crippen molar-refractivity contribution in [3.8, 4) is 0 Å². The molecule has 0 aromatic heterocycles. The third-order valence-corrected chi connectivity index (χ3v) is 1.20. The number of aliphatic hydroxyl groups excluding tert-OH is 1. The minimum Gasteiger partial charge on any atom is -0.616 e. The molecule has 0 aromatic rings. The molecule has 0 rings (SSSR count). The summed E-state index contributed by atoms with van der Waals surface area (Å²) in [5, 5.41) is 11.0. The van der Waals surface area contributed by atoms with Crippen molar-refractivity contribution < 1.29 is 9.66 Å². The zero-order valence-electron chi connectivity index (χ0n) is 4.89. The lowest BCUT2D eigenvalue weighted by Crippen LogP contribution is -2.24. The van der Waals surface area contributed by atoms with Crippen molar-refractivity contribution in [3.05, 3.63) is 0 Å². The van der Waals surface area contributed by atoms with Crippen LogP contribution in [0, 0.1) is 0 Å². The van der Waals surface area contributed by atoms with Crippen molar-refractivity contribution in [3.63, 3.8) is 0 Å². The molecule has 0 aliphatic rings. The van der Waals surface area contributed by atoms with Crippen molar-refractivity contribution in [1.82, 2.24) is 5.32 Å². The molecule has 8 heavy (non-hydrogen) atoms. The Labute approximate surface area is 52.3 Å². The molecule has 0 heterocycles. The third-order valence-electron chi connectivity index (χ3n) is 0.594. The largest absolute Gasteiger partial charge is 0.616 e. The molecule has 0 amide bonds. The van der Waals surface area contributed by atoms with Crippen molar-refractivity contribution >= 4 is 11.2 Å². The Bertz CT molecular complexity index is 51.3. The first-order valence-electron chi connectivity index (χ1n) is 2.39. The number of aliphatic hydroxyl groups is 1. The first-order valence-corrected chi connectivity index (χ1v) is 4.11. The van der Waals surface area contributed by atoms with Crippen molar-refractivity contribution in [2.24, 2.45) is 0 Å². The molecule has 0 saturated carbocycles. The van der Waals surface area contributed by atoms with Crippen LogP contribution in [0.1, 0.15) is 0 Å². The summed E-state index contributed by atoms with van der Waals surface area (Å²) in [6, 6.07) is 0. The van der Waals surface area contributed by atoms with Crippen LogP contribution in [0.4, 0.5) is 0 Å². The Hall–Kier alpha value is 0.230. The molecule has 3 nitrogen and oxygen atoms in total. The van der Waals surface area contributed by atoms with Crippen molar-refractivity contribution in [2.75, 3.05) is 25.3 Å². The molecule has 0 saturated heterocycles. The standard InChI is InChI=1S/C4H11NO2S/c1-8(7)4-5-2-3-6/h5-6H,2-4H2,1H3. The molecule has 0 aliphatic carbocycles. The Balaban J connectivity index is 2.72. The first kappa shape index (κ1) is 8.23. The van der Waals surface area contributed by atoms with Gasteiger partial charge in [0.15, 0.2) is 5.88 Å². The lowest BCUT2D eigenvalue weighted by Gasteiger charge is -2.03. The lowest BCUT2D eigenvalue weighted by molar-refractivity contribution is 0.295. The maximum absolute atomic E-state index is 10.3. The van der Waals surface area contributed by atoms with E-state index in [9.17, 15) is 4.55 Å². The van der Waals surface area contributed by atoms with Gasteiger partial charge in [-0.2, -0.15) is 0 Å². The second-order valence-corrected chi connectivity index (χ2v) is 2.88. The quantitative estimate of drug-likeness (QED) is 0.382. The van der Waals surface area contributed by atoms with Gasteiger partial charge in [0.1, 0.15) is 0 Å². The van der Waals surface area contributed by atoms with Gasteiger partial charge in [0.2, 0.25) is 0 Å². The predicted molar refractivity (Wildman–Crippen MR) is 34.0 cm³/mol. The summed E-state index contributed by atoms with van der Waals surface area (Å²) in [6.45, 7) is 0.636. The Morgan fingerprint density at radius 3 is 2.75 bits per heavy atom. The zero-order valence-corrected chi connectivity index (χ0v) is 5.70. The van der Waals surface area contributed by atoms with Crippen molar-refractivity contribution in [2.45, 2.75) is 0 Å². The van der Waals surface area contributed by atoms with Crippen LogP contribution in [-0.4, -0.2) is 34.9 Å². The minimum atomic E-state index is -0.789. The van der Waals surface area contributed by atoms with Gasteiger partial charge in [-0.25, -0.2) is 0 Å². The monoisotopic (exact) mass is 137 g/mol. The van der Waals surface area contributed by atoms with Gasteiger partial charge in [-0.15, -0.1) is 0 Å². The van der Waals surface area contributed by atoms with E-state index in [4.69, 9.17) is 5.11 Å². The highest BCUT2D eigenvalue weighted by molar-refractivity contribution is 7.90. The average Bonchev–Trinajstić information content (AvgIpc) is 1.66. The second-order valence-electron chi connectivity index (χ2n) is 1.44. The summed E-state index contributed by atoms with van der Waals surface area (Å²) in [5.74, 6) is 0.473. The van der Waals surface area contributed by atoms with E-state index in [1.807, 2.05) is 0 Å². The minimum absolute atomic E-state index is 0.108. The lowest BCUT2D eigenvalue weighted by atomic mass is 10.7. The highest BCUT2D eigenvalue weighted by Gasteiger charge is 1.91. The van der Waals surface area contributed by atoms with Gasteiger partial charge in [0.25, 0.3) is 0 Å². The maximum atomic E-state index is 10.3. The average molecular weight is 137 g/mol. The van der Waals surface area contributed by atoms with E-state index in [2.05, 4.69) is 5.32 Å². The van der Waals surface area contributed by atoms with Crippen LogP contribution < -0.4 is 5.32 Å². The van der Waals surface area contributed by atoms with Gasteiger partial charge in [0.05, 0.1) is 12.9 Å². The molecule has 1 unspecified atom stereocenters. The van der Waals surface area contributed by atoms with E-state index in [0.717, 1.165) is 0 Å². The molecule has 1 atom stereocenters. The van der Waals surface area contributed by atoms with E-state index >= 15 is 0 Å². The Morgan fingerprint density at radius 2 is 2.38 bits per heavy atom. The van der Waals surface area contributed by atoms with E-state index < -0.39 is 11.2 Å². The molecule has 0 spiro atoms. The summed E-state index contributed by atoms with van der Waals surface area (Å²) < 4.78 is 10.3. The SMILES string of the molecule is C[S+]([O-])CNCCO. The van der Waals surface area contributed by atoms with E-state index in [1.165, 1.54) is 0 Å². The molecular weight excluding hydrogens is 126 g/mol. The Morgan fingerprint density at radius 1 is 1.75 bits per heavy atom. The normalized spacial score (nSPS) is 13.9. The number of nitrogens with one attached hydrogen (secondary N) is 1. The molecule has 2 N–H and O–H groups in total. The highest BCUT2D eigenvalue weighted by Crippen LogP contribution is 1.74. The smallest absolute Gasteiger partial charge is 0.156 e. The fourth-order valence-electron chi connectivity index (χ4n) is 0.295. The zero-order chi connectivity index (χ0) is 6.41. The van der Waals surface area contributed by atoms with E-state index in [0.29, 0.717) is 12.4 Å². The van der Waals surface area contributed by atoms with Gasteiger partial charge in [-0.3, -0.25) is 5.32 Å². The first-order chi connectivity index (χ1) is 3.77. The van der Waals surface area contributed by atoms with Crippen LogP contribution >= 0.6 is 0 Å². The maximum Gasteiger partial charge on any atom is 0.156 e. The number of hydrogen-bond donors (Lipinski definition) is 2. The fraction of sp³-hybridized carbons (Fsp3) is 1.00. The summed E-state index contributed by atoms with van der Waals surface area (Å²) in [7, 11) is 0. The van der Waals surface area contributed by atoms with E-state index in [-0.39, 0.29) is 6.61 Å². The molecule has 50 valence electrons. The topological polar surface area (TPSA) is 55.3 Å². The van der Waals surface area contributed by atoms with Gasteiger partial charge in [-0.1, -0.05) is 0 Å². The molecule has 0 bridgehead atoms. The number of hydrogen-bond acceptors (Lipinski definition) is 3. The highest BCUT2D eigenvalue weighted by atomic mass is 32.2. The van der Waals surface area contributed by atoms with Crippen molar-refractivity contribution in [1.29, 1.82) is 0 Å². The van der Waals surface area contributed by atoms with Crippen LogP contribution in [0.2, 0.25) is 0 Å². The fourth-order valence-corrected chi connectivity index (χ4v) is 0.727. The summed E-state index contributed by atoms with van der Waals surface area (Å²) >= 11 is -0.789. The van der Waals surface area contributed by atoms with Crippen LogP contribution in [0.5, 0.6) is 0 Å². The summed E-state index contributed by atoms with van der Waals surface area (Å²) in [5.41, 5.74) is 0. The van der Waals surface area contributed by atoms with Crippen LogP contribution in [0.15, 0.2) is 0 Å². The van der Waals surface area contributed by atoms with Gasteiger partial charge in [-0.05, 0) is 11.2 Å². The van der Waals surface area contributed by atoms with E-state index in [1.54, 1.807) is 6.26 Å². The predicted octanol–water partition coefficient (Wildman–Crippen LogP) is -1.10. The van der Waals surface area contributed by atoms with Crippen LogP contribution in [0.25, 0.3) is 0 Å². The summed E-state index contributed by atoms with van der Waals surface area (Å²) in [4.78, 5) is 0. The molecule has 0 aliphatic heterocycles. The molecule has 0 fully saturated rings. The van der Waals surface area contributed by atoms with Crippen LogP contribution in [-0.2, 0) is 11.2 Å². The molecular formula is C4H11NO2S.